The number of hydrogen-bond donors (Lipinski definition) is 2. The summed E-state index contributed by atoms with van der Waals surface area (Å²) in [7, 11) is 1.23. The Balaban J connectivity index is 1.58. The van der Waals surface area contributed by atoms with Gasteiger partial charge in [0.05, 0.1) is 18.4 Å². The molecule has 1 fully saturated rings. The molecule has 2 N–H and O–H groups in total. The van der Waals surface area contributed by atoms with Gasteiger partial charge in [0.25, 0.3) is 17.7 Å². The molecule has 0 radical (unpaired) electrons. The molecule has 192 valence electrons. The Hall–Kier alpha value is -4.96. The van der Waals surface area contributed by atoms with E-state index in [1.807, 2.05) is 6.07 Å². The Labute approximate surface area is 221 Å². The summed E-state index contributed by atoms with van der Waals surface area (Å²) in [5.41, 5.74) is 0.790. The number of ether oxygens (including phenoxy) is 2. The van der Waals surface area contributed by atoms with Crippen LogP contribution >= 0.6 is 11.6 Å². The van der Waals surface area contributed by atoms with Crippen LogP contribution in [-0.4, -0.2) is 43.4 Å². The number of hydrogen-bond acceptors (Lipinski definition) is 7. The number of anilines is 2. The van der Waals surface area contributed by atoms with Crippen molar-refractivity contribution < 1.29 is 33.4 Å². The molecular weight excluding hydrogens is 514 g/mol. The van der Waals surface area contributed by atoms with Crippen molar-refractivity contribution in [3.05, 3.63) is 94.5 Å². The number of esters is 1. The number of para-hydroxylation sites is 1. The second-order valence-corrected chi connectivity index (χ2v) is 8.32. The van der Waals surface area contributed by atoms with E-state index in [-0.39, 0.29) is 39.8 Å². The Morgan fingerprint density at radius 2 is 1.71 bits per heavy atom. The number of methoxy groups -OCH3 is 1. The third-order valence-corrected chi connectivity index (χ3v) is 5.57. The van der Waals surface area contributed by atoms with E-state index in [4.69, 9.17) is 16.3 Å². The molecule has 1 aliphatic heterocycles. The molecule has 1 saturated heterocycles. The van der Waals surface area contributed by atoms with Crippen molar-refractivity contribution in [3.63, 3.8) is 0 Å². The number of carbonyl (C=O) groups is 5. The average molecular weight is 534 g/mol. The van der Waals surface area contributed by atoms with Gasteiger partial charge in [-0.05, 0) is 60.7 Å². The second kappa shape index (κ2) is 11.4. The van der Waals surface area contributed by atoms with Gasteiger partial charge in [0.15, 0.2) is 6.61 Å². The summed E-state index contributed by atoms with van der Waals surface area (Å²) in [6.45, 7) is -0.357. The standard InChI is InChI=1S/C27H20ClN3O7/c1-37-26(35)16-7-10-20(11-8-16)31-25(34)21(24(33)30-27(31)36)14-17-13-18(28)9-12-22(17)38-15-23(32)29-19-5-3-2-4-6-19/h2-14H,15H2,1H3,(H,29,32)(H,30,33,36)/b21-14+. The number of rotatable bonds is 7. The molecular formula is C27H20ClN3O7. The zero-order valence-electron chi connectivity index (χ0n) is 19.9. The lowest BCUT2D eigenvalue weighted by Crippen LogP contribution is -2.54. The van der Waals surface area contributed by atoms with Crippen molar-refractivity contribution in [2.75, 3.05) is 23.9 Å². The fraction of sp³-hybridized carbons (Fsp3) is 0.0741. The first-order valence-corrected chi connectivity index (χ1v) is 11.5. The molecule has 3 aromatic carbocycles. The normalized spacial score (nSPS) is 14.2. The summed E-state index contributed by atoms with van der Waals surface area (Å²) in [6, 6.07) is 17.8. The van der Waals surface area contributed by atoms with E-state index in [0.717, 1.165) is 4.90 Å². The van der Waals surface area contributed by atoms with Crippen LogP contribution in [0.5, 0.6) is 5.75 Å². The van der Waals surface area contributed by atoms with Gasteiger partial charge >= 0.3 is 12.0 Å². The summed E-state index contributed by atoms with van der Waals surface area (Å²) in [4.78, 5) is 63.1. The Morgan fingerprint density at radius 1 is 1.00 bits per heavy atom. The maximum absolute atomic E-state index is 13.2. The average Bonchev–Trinajstić information content (AvgIpc) is 2.91. The van der Waals surface area contributed by atoms with Gasteiger partial charge in [-0.2, -0.15) is 0 Å². The molecule has 3 aromatic rings. The number of nitrogens with one attached hydrogen (secondary N) is 2. The zero-order chi connectivity index (χ0) is 27.2. The number of benzene rings is 3. The molecule has 5 amide bonds. The maximum atomic E-state index is 13.2. The fourth-order valence-corrected chi connectivity index (χ4v) is 3.72. The van der Waals surface area contributed by atoms with Crippen molar-refractivity contribution >= 4 is 58.8 Å². The van der Waals surface area contributed by atoms with Crippen LogP contribution < -0.4 is 20.3 Å². The first-order chi connectivity index (χ1) is 18.3. The molecule has 1 aliphatic rings. The zero-order valence-corrected chi connectivity index (χ0v) is 20.7. The lowest BCUT2D eigenvalue weighted by molar-refractivity contribution is -0.122. The minimum Gasteiger partial charge on any atom is -0.483 e. The van der Waals surface area contributed by atoms with Crippen molar-refractivity contribution in [2.24, 2.45) is 0 Å². The molecule has 1 heterocycles. The highest BCUT2D eigenvalue weighted by Gasteiger charge is 2.37. The highest BCUT2D eigenvalue weighted by Crippen LogP contribution is 2.28. The number of carbonyl (C=O) groups excluding carboxylic acids is 5. The van der Waals surface area contributed by atoms with Gasteiger partial charge in [-0.3, -0.25) is 19.7 Å². The maximum Gasteiger partial charge on any atom is 0.337 e. The molecule has 4 rings (SSSR count). The van der Waals surface area contributed by atoms with Crippen LogP contribution in [0.25, 0.3) is 6.08 Å². The quantitative estimate of drug-likeness (QED) is 0.268. The predicted molar refractivity (Wildman–Crippen MR) is 139 cm³/mol. The molecule has 0 aromatic heterocycles. The highest BCUT2D eigenvalue weighted by molar-refractivity contribution is 6.39. The number of imide groups is 2. The van der Waals surface area contributed by atoms with Crippen LogP contribution in [0, 0.1) is 0 Å². The van der Waals surface area contributed by atoms with Gasteiger partial charge < -0.3 is 14.8 Å². The Bertz CT molecular complexity index is 1450. The monoisotopic (exact) mass is 533 g/mol. The summed E-state index contributed by atoms with van der Waals surface area (Å²) in [5.74, 6) is -2.67. The minimum absolute atomic E-state index is 0.124. The lowest BCUT2D eigenvalue weighted by atomic mass is 10.1. The fourth-order valence-electron chi connectivity index (χ4n) is 3.54. The third kappa shape index (κ3) is 5.88. The molecule has 0 bridgehead atoms. The predicted octanol–water partition coefficient (Wildman–Crippen LogP) is 3.81. The lowest BCUT2D eigenvalue weighted by Gasteiger charge is -2.26. The minimum atomic E-state index is -0.955. The van der Waals surface area contributed by atoms with Crippen LogP contribution in [0.15, 0.2) is 78.4 Å². The third-order valence-electron chi connectivity index (χ3n) is 5.34. The summed E-state index contributed by atoms with van der Waals surface area (Å²) in [6.07, 6.45) is 1.22. The van der Waals surface area contributed by atoms with Gasteiger partial charge in [0, 0.05) is 16.3 Å². The van der Waals surface area contributed by atoms with Gasteiger partial charge in [-0.1, -0.05) is 29.8 Å². The molecule has 0 aliphatic carbocycles. The number of halogens is 1. The van der Waals surface area contributed by atoms with Gasteiger partial charge in [-0.15, -0.1) is 0 Å². The van der Waals surface area contributed by atoms with E-state index < -0.39 is 29.7 Å². The van der Waals surface area contributed by atoms with Crippen LogP contribution in [0.3, 0.4) is 0 Å². The molecule has 0 saturated carbocycles. The molecule has 11 heteroatoms. The number of urea groups is 1. The largest absolute Gasteiger partial charge is 0.483 e. The SMILES string of the molecule is COC(=O)c1ccc(N2C(=O)NC(=O)/C(=C\c3cc(Cl)ccc3OCC(=O)Nc3ccccc3)C2=O)cc1. The Kier molecular flexibility index (Phi) is 7.83. The molecule has 10 nitrogen and oxygen atoms in total. The van der Waals surface area contributed by atoms with Crippen LogP contribution in [0.2, 0.25) is 5.02 Å². The van der Waals surface area contributed by atoms with E-state index in [1.165, 1.54) is 55.7 Å². The molecule has 0 spiro atoms. The van der Waals surface area contributed by atoms with Crippen molar-refractivity contribution in [2.45, 2.75) is 0 Å². The van der Waals surface area contributed by atoms with E-state index in [1.54, 1.807) is 24.3 Å². The summed E-state index contributed by atoms with van der Waals surface area (Å²) in [5, 5.41) is 5.09. The van der Waals surface area contributed by atoms with Crippen molar-refractivity contribution in [1.82, 2.24) is 5.32 Å². The van der Waals surface area contributed by atoms with Crippen LogP contribution in [0.1, 0.15) is 15.9 Å². The second-order valence-electron chi connectivity index (χ2n) is 7.88. The van der Waals surface area contributed by atoms with Gasteiger partial charge in [0.2, 0.25) is 0 Å². The topological polar surface area (TPSA) is 131 Å². The summed E-state index contributed by atoms with van der Waals surface area (Å²) >= 11 is 6.13. The van der Waals surface area contributed by atoms with Gasteiger partial charge in [0.1, 0.15) is 11.3 Å². The van der Waals surface area contributed by atoms with E-state index >= 15 is 0 Å². The van der Waals surface area contributed by atoms with Crippen molar-refractivity contribution in [1.29, 1.82) is 0 Å². The summed E-state index contributed by atoms with van der Waals surface area (Å²) < 4.78 is 10.3. The van der Waals surface area contributed by atoms with Gasteiger partial charge in [-0.25, -0.2) is 14.5 Å². The van der Waals surface area contributed by atoms with Crippen LogP contribution in [-0.2, 0) is 19.1 Å². The first-order valence-electron chi connectivity index (χ1n) is 11.1. The number of nitrogens with zero attached hydrogens (tertiary/aromatic N) is 1. The van der Waals surface area contributed by atoms with Crippen LogP contribution in [0.4, 0.5) is 16.2 Å². The van der Waals surface area contributed by atoms with E-state index in [9.17, 15) is 24.0 Å². The molecule has 0 atom stereocenters. The smallest absolute Gasteiger partial charge is 0.337 e. The number of barbiturate groups is 1. The number of amides is 5. The molecule has 0 unspecified atom stereocenters. The Morgan fingerprint density at radius 3 is 2.39 bits per heavy atom. The molecule has 38 heavy (non-hydrogen) atoms. The van der Waals surface area contributed by atoms with E-state index in [2.05, 4.69) is 15.4 Å². The van der Waals surface area contributed by atoms with Crippen molar-refractivity contribution in [3.8, 4) is 5.75 Å². The highest BCUT2D eigenvalue weighted by atomic mass is 35.5. The van der Waals surface area contributed by atoms with E-state index in [0.29, 0.717) is 5.69 Å². The first kappa shape index (κ1) is 26.1.